The van der Waals surface area contributed by atoms with Gasteiger partial charge < -0.3 is 4.90 Å². The lowest BCUT2D eigenvalue weighted by Crippen LogP contribution is -2.64. The average Bonchev–Trinajstić information content (AvgIpc) is 2.54. The number of rotatable bonds is 4. The van der Waals surface area contributed by atoms with E-state index >= 15 is 0 Å². The van der Waals surface area contributed by atoms with Crippen molar-refractivity contribution < 1.29 is 4.79 Å². The molecule has 1 atom stereocenters. The average molecular weight is 314 g/mol. The molecular weight excluding hydrogens is 284 g/mol. The molecule has 1 spiro atoms. The van der Waals surface area contributed by atoms with Crippen molar-refractivity contribution in [3.63, 3.8) is 0 Å². The smallest absolute Gasteiger partial charge is 0.222 e. The Labute approximate surface area is 140 Å². The van der Waals surface area contributed by atoms with E-state index in [0.717, 1.165) is 32.4 Å². The molecule has 2 aliphatic heterocycles. The molecule has 0 N–H and O–H groups in total. The van der Waals surface area contributed by atoms with Crippen LogP contribution in [0, 0.1) is 5.41 Å². The van der Waals surface area contributed by atoms with Crippen LogP contribution in [0.5, 0.6) is 0 Å². The van der Waals surface area contributed by atoms with Crippen LogP contribution in [0.2, 0.25) is 0 Å². The van der Waals surface area contributed by atoms with Crippen molar-refractivity contribution in [3.8, 4) is 0 Å². The molecule has 126 valence electrons. The van der Waals surface area contributed by atoms with Crippen LogP contribution in [0.3, 0.4) is 0 Å². The highest BCUT2D eigenvalue weighted by Gasteiger charge is 2.54. The Morgan fingerprint density at radius 2 is 1.87 bits per heavy atom. The predicted molar refractivity (Wildman–Crippen MR) is 94.2 cm³/mol. The lowest BCUT2D eigenvalue weighted by molar-refractivity contribution is -0.147. The summed E-state index contributed by atoms with van der Waals surface area (Å²) in [4.78, 5) is 16.9. The molecule has 0 aliphatic carbocycles. The van der Waals surface area contributed by atoms with Gasteiger partial charge in [0.15, 0.2) is 0 Å². The maximum atomic E-state index is 12.2. The third-order valence-corrected chi connectivity index (χ3v) is 5.76. The van der Waals surface area contributed by atoms with Crippen LogP contribution in [0.15, 0.2) is 30.3 Å². The van der Waals surface area contributed by atoms with Crippen LogP contribution in [0.1, 0.15) is 58.1 Å². The first-order chi connectivity index (χ1) is 11.1. The molecule has 1 unspecified atom stereocenters. The molecule has 0 saturated carbocycles. The summed E-state index contributed by atoms with van der Waals surface area (Å²) in [5.41, 5.74) is 1.81. The summed E-state index contributed by atoms with van der Waals surface area (Å²) >= 11 is 0. The number of likely N-dealkylation sites (tertiary alicyclic amines) is 2. The number of piperidine rings is 1. The first-order valence-corrected chi connectivity index (χ1v) is 9.16. The monoisotopic (exact) mass is 314 g/mol. The number of benzene rings is 1. The second kappa shape index (κ2) is 6.64. The molecule has 3 rings (SSSR count). The Balaban J connectivity index is 1.74. The van der Waals surface area contributed by atoms with Crippen molar-refractivity contribution in [2.75, 3.05) is 19.6 Å². The van der Waals surface area contributed by atoms with Crippen LogP contribution in [0.4, 0.5) is 0 Å². The van der Waals surface area contributed by atoms with Gasteiger partial charge in [-0.3, -0.25) is 9.69 Å². The van der Waals surface area contributed by atoms with Crippen molar-refractivity contribution in [1.82, 2.24) is 9.80 Å². The highest BCUT2D eigenvalue weighted by Crippen LogP contribution is 2.55. The van der Waals surface area contributed by atoms with Gasteiger partial charge in [-0.05, 0) is 38.7 Å². The fourth-order valence-electron chi connectivity index (χ4n) is 4.45. The minimum atomic E-state index is 0.346. The van der Waals surface area contributed by atoms with Crippen LogP contribution >= 0.6 is 0 Å². The summed E-state index contributed by atoms with van der Waals surface area (Å²) in [5, 5.41) is 0. The highest BCUT2D eigenvalue weighted by atomic mass is 16.2. The molecule has 0 radical (unpaired) electrons. The molecule has 3 heteroatoms. The summed E-state index contributed by atoms with van der Waals surface area (Å²) in [7, 11) is 0. The van der Waals surface area contributed by atoms with Crippen LogP contribution in [-0.2, 0) is 4.79 Å². The van der Waals surface area contributed by atoms with E-state index in [2.05, 4.69) is 60.9 Å². The largest absolute Gasteiger partial charge is 0.343 e. The number of nitrogens with zero attached hydrogens (tertiary/aromatic N) is 2. The molecular formula is C20H30N2O. The predicted octanol–water partition coefficient (Wildman–Crippen LogP) is 3.86. The molecule has 2 aliphatic rings. The number of hydrogen-bond acceptors (Lipinski definition) is 2. The zero-order valence-corrected chi connectivity index (χ0v) is 14.8. The molecule has 1 aromatic rings. The molecule has 23 heavy (non-hydrogen) atoms. The lowest BCUT2D eigenvalue weighted by atomic mass is 9.62. The van der Waals surface area contributed by atoms with Gasteiger partial charge in [-0.25, -0.2) is 0 Å². The second-order valence-corrected chi connectivity index (χ2v) is 7.57. The molecule has 2 fully saturated rings. The van der Waals surface area contributed by atoms with E-state index in [1.54, 1.807) is 0 Å². The minimum absolute atomic E-state index is 0.346. The van der Waals surface area contributed by atoms with Crippen molar-refractivity contribution in [3.05, 3.63) is 35.9 Å². The van der Waals surface area contributed by atoms with Gasteiger partial charge >= 0.3 is 0 Å². The van der Waals surface area contributed by atoms with Gasteiger partial charge in [-0.1, -0.05) is 37.3 Å². The van der Waals surface area contributed by atoms with Crippen LogP contribution in [0.25, 0.3) is 0 Å². The Bertz CT molecular complexity index is 532. The molecule has 1 amide bonds. The topological polar surface area (TPSA) is 23.6 Å². The second-order valence-electron chi connectivity index (χ2n) is 7.57. The van der Waals surface area contributed by atoms with Gasteiger partial charge in [0.1, 0.15) is 0 Å². The molecule has 3 nitrogen and oxygen atoms in total. The summed E-state index contributed by atoms with van der Waals surface area (Å²) in [6.07, 6.45) is 3.94. The number of amides is 1. The number of hydrogen-bond donors (Lipinski definition) is 0. The van der Waals surface area contributed by atoms with E-state index < -0.39 is 0 Å². The summed E-state index contributed by atoms with van der Waals surface area (Å²) in [6.45, 7) is 9.73. The molecule has 0 aromatic heterocycles. The van der Waals surface area contributed by atoms with Crippen molar-refractivity contribution >= 4 is 5.91 Å². The van der Waals surface area contributed by atoms with Gasteiger partial charge in [-0.2, -0.15) is 0 Å². The van der Waals surface area contributed by atoms with Gasteiger partial charge in [0, 0.05) is 43.6 Å². The van der Waals surface area contributed by atoms with E-state index in [4.69, 9.17) is 0 Å². The SMILES string of the molecule is CCCC(=O)N1CCC2(CC1)CN(C(C)C)C2c1ccccc1. The Morgan fingerprint density at radius 3 is 2.43 bits per heavy atom. The summed E-state index contributed by atoms with van der Waals surface area (Å²) in [5.74, 6) is 0.346. The Morgan fingerprint density at radius 1 is 1.22 bits per heavy atom. The van der Waals surface area contributed by atoms with E-state index in [-0.39, 0.29) is 0 Å². The first kappa shape index (κ1) is 16.5. The van der Waals surface area contributed by atoms with Crippen LogP contribution in [-0.4, -0.2) is 41.4 Å². The zero-order chi connectivity index (χ0) is 16.4. The van der Waals surface area contributed by atoms with E-state index in [1.807, 2.05) is 0 Å². The lowest BCUT2D eigenvalue weighted by Gasteiger charge is -2.62. The third kappa shape index (κ3) is 3.03. The van der Waals surface area contributed by atoms with Gasteiger partial charge in [0.2, 0.25) is 5.91 Å². The van der Waals surface area contributed by atoms with Crippen LogP contribution < -0.4 is 0 Å². The van der Waals surface area contributed by atoms with E-state index in [9.17, 15) is 4.79 Å². The van der Waals surface area contributed by atoms with E-state index in [0.29, 0.717) is 29.8 Å². The first-order valence-electron chi connectivity index (χ1n) is 9.16. The maximum absolute atomic E-state index is 12.2. The van der Waals surface area contributed by atoms with Gasteiger partial charge in [-0.15, -0.1) is 0 Å². The zero-order valence-electron chi connectivity index (χ0n) is 14.8. The minimum Gasteiger partial charge on any atom is -0.343 e. The standard InChI is InChI=1S/C20H30N2O/c1-4-8-18(23)21-13-11-20(12-14-21)15-22(16(2)3)19(20)17-9-6-5-7-10-17/h5-7,9-10,16,19H,4,8,11-15H2,1-3H3. The van der Waals surface area contributed by atoms with Crippen molar-refractivity contribution in [1.29, 1.82) is 0 Å². The normalized spacial score (nSPS) is 24.0. The Hall–Kier alpha value is -1.35. The molecule has 2 saturated heterocycles. The quantitative estimate of drug-likeness (QED) is 0.842. The highest BCUT2D eigenvalue weighted by molar-refractivity contribution is 5.76. The third-order valence-electron chi connectivity index (χ3n) is 5.76. The van der Waals surface area contributed by atoms with Gasteiger partial charge in [0.25, 0.3) is 0 Å². The molecule has 1 aromatic carbocycles. The fraction of sp³-hybridized carbons (Fsp3) is 0.650. The van der Waals surface area contributed by atoms with Crippen molar-refractivity contribution in [2.45, 2.75) is 58.5 Å². The van der Waals surface area contributed by atoms with Crippen molar-refractivity contribution in [2.24, 2.45) is 5.41 Å². The summed E-state index contributed by atoms with van der Waals surface area (Å²) < 4.78 is 0. The maximum Gasteiger partial charge on any atom is 0.222 e. The summed E-state index contributed by atoms with van der Waals surface area (Å²) in [6, 6.07) is 12.0. The Kier molecular flexibility index (Phi) is 4.77. The molecule has 0 bridgehead atoms. The van der Waals surface area contributed by atoms with E-state index in [1.165, 1.54) is 12.1 Å². The number of carbonyl (C=O) groups is 1. The van der Waals surface area contributed by atoms with Gasteiger partial charge in [0.05, 0.1) is 0 Å². The number of carbonyl (C=O) groups excluding carboxylic acids is 1. The fourth-order valence-corrected chi connectivity index (χ4v) is 4.45. The molecule has 2 heterocycles.